The van der Waals surface area contributed by atoms with E-state index in [1.165, 1.54) is 0 Å². The second-order valence-corrected chi connectivity index (χ2v) is 5.56. The van der Waals surface area contributed by atoms with Gasteiger partial charge < -0.3 is 10.0 Å². The number of nitrogens with zero attached hydrogens (tertiary/aromatic N) is 2. The van der Waals surface area contributed by atoms with Crippen LogP contribution in [0.4, 0.5) is 0 Å². The Morgan fingerprint density at radius 3 is 2.90 bits per heavy atom. The molecule has 0 saturated carbocycles. The quantitative estimate of drug-likeness (QED) is 0.869. The van der Waals surface area contributed by atoms with Gasteiger partial charge in [-0.05, 0) is 37.8 Å². The number of halogens is 1. The SMILES string of the molecule is Cc1cc(C(=O)N2CCCC(CC(=O)O)C2)cc(Cl)n1. The number of aryl methyl sites for hydroxylation is 1. The number of carboxylic acid groups (broad SMARTS) is 1. The standard InChI is InChI=1S/C14H17ClN2O3/c1-9-5-11(7-12(15)16-9)14(20)17-4-2-3-10(8-17)6-13(18)19/h5,7,10H,2-4,6,8H2,1H3,(H,18,19). The molecule has 6 heteroatoms. The molecule has 1 N–H and O–H groups in total. The van der Waals surface area contributed by atoms with Gasteiger partial charge in [0.05, 0.1) is 0 Å². The van der Waals surface area contributed by atoms with Crippen molar-refractivity contribution in [2.75, 3.05) is 13.1 Å². The third kappa shape index (κ3) is 3.70. The van der Waals surface area contributed by atoms with Crippen molar-refractivity contribution in [2.24, 2.45) is 5.92 Å². The van der Waals surface area contributed by atoms with Crippen LogP contribution in [0.25, 0.3) is 0 Å². The number of amides is 1. The molecule has 1 atom stereocenters. The van der Waals surface area contributed by atoms with Crippen LogP contribution in [-0.4, -0.2) is 40.0 Å². The average molecular weight is 297 g/mol. The fourth-order valence-electron chi connectivity index (χ4n) is 2.60. The predicted octanol–water partition coefficient (Wildman–Crippen LogP) is 2.37. The zero-order valence-electron chi connectivity index (χ0n) is 11.3. The van der Waals surface area contributed by atoms with Gasteiger partial charge in [0, 0.05) is 30.8 Å². The molecular formula is C14H17ClN2O3. The summed E-state index contributed by atoms with van der Waals surface area (Å²) < 4.78 is 0. The van der Waals surface area contributed by atoms with Crippen LogP contribution in [0.1, 0.15) is 35.3 Å². The Kier molecular flexibility index (Phi) is 4.60. The first-order valence-electron chi connectivity index (χ1n) is 6.61. The molecule has 108 valence electrons. The fourth-order valence-corrected chi connectivity index (χ4v) is 2.85. The van der Waals surface area contributed by atoms with E-state index in [4.69, 9.17) is 16.7 Å². The molecule has 1 aromatic heterocycles. The van der Waals surface area contributed by atoms with Crippen molar-refractivity contribution in [1.82, 2.24) is 9.88 Å². The van der Waals surface area contributed by atoms with Gasteiger partial charge in [-0.1, -0.05) is 11.6 Å². The summed E-state index contributed by atoms with van der Waals surface area (Å²) >= 11 is 5.87. The third-order valence-electron chi connectivity index (χ3n) is 3.44. The largest absolute Gasteiger partial charge is 0.481 e. The zero-order chi connectivity index (χ0) is 14.7. The molecule has 1 unspecified atom stereocenters. The number of carboxylic acids is 1. The number of hydrogen-bond donors (Lipinski definition) is 1. The Morgan fingerprint density at radius 2 is 2.25 bits per heavy atom. The first-order chi connectivity index (χ1) is 9.45. The minimum atomic E-state index is -0.813. The Labute approximate surface area is 122 Å². The molecule has 1 saturated heterocycles. The van der Waals surface area contributed by atoms with Gasteiger partial charge in [0.2, 0.25) is 0 Å². The number of rotatable bonds is 3. The lowest BCUT2D eigenvalue weighted by atomic mass is 9.94. The van der Waals surface area contributed by atoms with Crippen molar-refractivity contribution in [3.63, 3.8) is 0 Å². The second kappa shape index (κ2) is 6.22. The van der Waals surface area contributed by atoms with Gasteiger partial charge in [-0.25, -0.2) is 4.98 Å². The van der Waals surface area contributed by atoms with Crippen molar-refractivity contribution >= 4 is 23.5 Å². The predicted molar refractivity (Wildman–Crippen MR) is 74.9 cm³/mol. The molecule has 1 aliphatic heterocycles. The first kappa shape index (κ1) is 14.8. The minimum Gasteiger partial charge on any atom is -0.481 e. The smallest absolute Gasteiger partial charge is 0.303 e. The van der Waals surface area contributed by atoms with E-state index in [-0.39, 0.29) is 18.2 Å². The minimum absolute atomic E-state index is 0.0311. The lowest BCUT2D eigenvalue weighted by Gasteiger charge is -2.32. The number of likely N-dealkylation sites (tertiary alicyclic amines) is 1. The topological polar surface area (TPSA) is 70.5 Å². The van der Waals surface area contributed by atoms with Gasteiger partial charge in [0.25, 0.3) is 5.91 Å². The molecule has 2 rings (SSSR count). The van der Waals surface area contributed by atoms with E-state index in [1.807, 2.05) is 0 Å². The van der Waals surface area contributed by atoms with Crippen LogP contribution in [0.5, 0.6) is 0 Å². The van der Waals surface area contributed by atoms with Crippen LogP contribution in [0.2, 0.25) is 5.15 Å². The monoisotopic (exact) mass is 296 g/mol. The number of piperidine rings is 1. The Morgan fingerprint density at radius 1 is 1.50 bits per heavy atom. The number of aliphatic carboxylic acids is 1. The molecule has 1 aromatic rings. The van der Waals surface area contributed by atoms with E-state index >= 15 is 0 Å². The average Bonchev–Trinajstić information content (AvgIpc) is 2.36. The highest BCUT2D eigenvalue weighted by Crippen LogP contribution is 2.22. The van der Waals surface area contributed by atoms with Gasteiger partial charge >= 0.3 is 5.97 Å². The van der Waals surface area contributed by atoms with Gasteiger partial charge in [-0.3, -0.25) is 9.59 Å². The highest BCUT2D eigenvalue weighted by atomic mass is 35.5. The van der Waals surface area contributed by atoms with E-state index in [0.29, 0.717) is 29.5 Å². The van der Waals surface area contributed by atoms with E-state index in [1.54, 1.807) is 24.0 Å². The number of aromatic nitrogens is 1. The maximum absolute atomic E-state index is 12.4. The third-order valence-corrected chi connectivity index (χ3v) is 3.63. The second-order valence-electron chi connectivity index (χ2n) is 5.18. The van der Waals surface area contributed by atoms with Crippen molar-refractivity contribution < 1.29 is 14.7 Å². The van der Waals surface area contributed by atoms with E-state index in [0.717, 1.165) is 12.8 Å². The molecule has 1 fully saturated rings. The van der Waals surface area contributed by atoms with Gasteiger partial charge in [0.15, 0.2) is 0 Å². The Balaban J connectivity index is 2.10. The van der Waals surface area contributed by atoms with E-state index in [2.05, 4.69) is 4.98 Å². The Bertz CT molecular complexity index is 513. The maximum atomic E-state index is 12.4. The van der Waals surface area contributed by atoms with Crippen molar-refractivity contribution in [2.45, 2.75) is 26.2 Å². The molecule has 0 radical (unpaired) electrons. The summed E-state index contributed by atoms with van der Waals surface area (Å²) in [6, 6.07) is 3.26. The fraction of sp³-hybridized carbons (Fsp3) is 0.500. The molecule has 2 heterocycles. The highest BCUT2D eigenvalue weighted by molar-refractivity contribution is 6.29. The molecule has 0 spiro atoms. The molecule has 5 nitrogen and oxygen atoms in total. The van der Waals surface area contributed by atoms with Gasteiger partial charge in [-0.15, -0.1) is 0 Å². The Hall–Kier alpha value is -1.62. The summed E-state index contributed by atoms with van der Waals surface area (Å²) in [6.45, 7) is 2.93. The molecule has 0 aromatic carbocycles. The van der Waals surface area contributed by atoms with Crippen LogP contribution in [0.3, 0.4) is 0 Å². The summed E-state index contributed by atoms with van der Waals surface area (Å²) in [5.41, 5.74) is 1.21. The zero-order valence-corrected chi connectivity index (χ0v) is 12.1. The molecular weight excluding hydrogens is 280 g/mol. The van der Waals surface area contributed by atoms with Crippen LogP contribution >= 0.6 is 11.6 Å². The molecule has 1 aliphatic rings. The number of hydrogen-bond acceptors (Lipinski definition) is 3. The summed E-state index contributed by atoms with van der Waals surface area (Å²) in [7, 11) is 0. The summed E-state index contributed by atoms with van der Waals surface area (Å²) in [5, 5.41) is 9.15. The van der Waals surface area contributed by atoms with Crippen LogP contribution in [-0.2, 0) is 4.79 Å². The van der Waals surface area contributed by atoms with E-state index in [9.17, 15) is 9.59 Å². The molecule has 1 amide bonds. The van der Waals surface area contributed by atoms with Crippen LogP contribution in [0.15, 0.2) is 12.1 Å². The number of pyridine rings is 1. The van der Waals surface area contributed by atoms with Crippen LogP contribution in [0, 0.1) is 12.8 Å². The normalized spacial score (nSPS) is 18.9. The van der Waals surface area contributed by atoms with Crippen molar-refractivity contribution in [3.8, 4) is 0 Å². The summed E-state index contributed by atoms with van der Waals surface area (Å²) in [4.78, 5) is 28.9. The van der Waals surface area contributed by atoms with Gasteiger partial charge in [0.1, 0.15) is 5.15 Å². The van der Waals surface area contributed by atoms with Crippen LogP contribution < -0.4 is 0 Å². The van der Waals surface area contributed by atoms with E-state index < -0.39 is 5.97 Å². The lowest BCUT2D eigenvalue weighted by Crippen LogP contribution is -2.40. The number of carbonyl (C=O) groups is 2. The summed E-state index contributed by atoms with van der Waals surface area (Å²) in [6.07, 6.45) is 1.80. The molecule has 0 aliphatic carbocycles. The lowest BCUT2D eigenvalue weighted by molar-refractivity contribution is -0.138. The summed E-state index contributed by atoms with van der Waals surface area (Å²) in [5.74, 6) is -0.886. The van der Waals surface area contributed by atoms with Crippen molar-refractivity contribution in [1.29, 1.82) is 0 Å². The first-order valence-corrected chi connectivity index (χ1v) is 6.99. The van der Waals surface area contributed by atoms with Gasteiger partial charge in [-0.2, -0.15) is 0 Å². The van der Waals surface area contributed by atoms with Crippen molar-refractivity contribution in [3.05, 3.63) is 28.5 Å². The number of carbonyl (C=O) groups excluding carboxylic acids is 1. The molecule has 20 heavy (non-hydrogen) atoms. The molecule has 0 bridgehead atoms. The highest BCUT2D eigenvalue weighted by Gasteiger charge is 2.26. The maximum Gasteiger partial charge on any atom is 0.303 e.